The highest BCUT2D eigenvalue weighted by atomic mass is 16.5. The van der Waals surface area contributed by atoms with E-state index in [1.807, 2.05) is 0 Å². The van der Waals surface area contributed by atoms with Gasteiger partial charge in [0.1, 0.15) is 5.75 Å². The second-order valence-electron chi connectivity index (χ2n) is 12.5. The summed E-state index contributed by atoms with van der Waals surface area (Å²) in [7, 11) is 0. The van der Waals surface area contributed by atoms with Crippen molar-refractivity contribution in [3.8, 4) is 5.75 Å². The van der Waals surface area contributed by atoms with Crippen LogP contribution in [-0.4, -0.2) is 5.97 Å². The van der Waals surface area contributed by atoms with Crippen LogP contribution in [-0.2, 0) is 15.6 Å². The molecule has 0 radical (unpaired) electrons. The lowest BCUT2D eigenvalue weighted by atomic mass is 9.78. The van der Waals surface area contributed by atoms with E-state index < -0.39 is 0 Å². The van der Waals surface area contributed by atoms with E-state index >= 15 is 0 Å². The molecule has 35 heavy (non-hydrogen) atoms. The second kappa shape index (κ2) is 16.2. The smallest absolute Gasteiger partial charge is 0.311 e. The zero-order chi connectivity index (χ0) is 26.3. The Labute approximate surface area is 218 Å². The van der Waals surface area contributed by atoms with Gasteiger partial charge in [0.15, 0.2) is 0 Å². The number of carbonyl (C=O) groups excluding carboxylic acids is 1. The first-order chi connectivity index (χ1) is 16.5. The van der Waals surface area contributed by atoms with Crippen LogP contribution in [0.3, 0.4) is 0 Å². The Morgan fingerprint density at radius 2 is 1.14 bits per heavy atom. The molecule has 1 aromatic carbocycles. The Balaban J connectivity index is 2.34. The number of esters is 1. The topological polar surface area (TPSA) is 26.3 Å². The fourth-order valence-electron chi connectivity index (χ4n) is 4.50. The van der Waals surface area contributed by atoms with E-state index in [4.69, 9.17) is 4.74 Å². The lowest BCUT2D eigenvalue weighted by Gasteiger charge is -2.29. The van der Waals surface area contributed by atoms with Gasteiger partial charge in [0.2, 0.25) is 0 Å². The molecule has 0 spiro atoms. The first-order valence-corrected chi connectivity index (χ1v) is 14.5. The van der Waals surface area contributed by atoms with Crippen molar-refractivity contribution in [2.75, 3.05) is 0 Å². The van der Waals surface area contributed by atoms with Gasteiger partial charge in [-0.2, -0.15) is 0 Å². The number of unbranched alkanes of at least 4 members (excludes halogenated alkanes) is 11. The molecule has 0 N–H and O–H groups in total. The Morgan fingerprint density at radius 3 is 1.60 bits per heavy atom. The van der Waals surface area contributed by atoms with E-state index in [0.29, 0.717) is 6.42 Å². The molecule has 0 aliphatic rings. The minimum atomic E-state index is -0.0949. The van der Waals surface area contributed by atoms with E-state index in [0.717, 1.165) is 29.7 Å². The SMILES string of the molecule is CCCCCCCC/C=C\CCCCCCCC(=O)Oc1c(C(C)(C)C)cc(C)cc1C(C)(C)C. The normalized spacial score (nSPS) is 12.5. The van der Waals surface area contributed by atoms with E-state index in [1.54, 1.807) is 0 Å². The summed E-state index contributed by atoms with van der Waals surface area (Å²) in [4.78, 5) is 12.8. The van der Waals surface area contributed by atoms with Crippen molar-refractivity contribution in [1.82, 2.24) is 0 Å². The Bertz CT molecular complexity index is 723. The molecule has 2 nitrogen and oxygen atoms in total. The van der Waals surface area contributed by atoms with Gasteiger partial charge < -0.3 is 4.74 Å². The minimum Gasteiger partial charge on any atom is -0.426 e. The number of hydrogen-bond acceptors (Lipinski definition) is 2. The highest BCUT2D eigenvalue weighted by molar-refractivity contribution is 5.74. The predicted octanol–water partition coefficient (Wildman–Crippen LogP) is 10.5. The molecule has 0 saturated heterocycles. The fourth-order valence-corrected chi connectivity index (χ4v) is 4.50. The molecular weight excluding hydrogens is 428 g/mol. The van der Waals surface area contributed by atoms with Crippen molar-refractivity contribution < 1.29 is 9.53 Å². The molecule has 1 rings (SSSR count). The summed E-state index contributed by atoms with van der Waals surface area (Å²) >= 11 is 0. The molecule has 0 aliphatic carbocycles. The lowest BCUT2D eigenvalue weighted by molar-refractivity contribution is -0.134. The van der Waals surface area contributed by atoms with Crippen LogP contribution in [0, 0.1) is 6.92 Å². The van der Waals surface area contributed by atoms with Crippen LogP contribution in [0.15, 0.2) is 24.3 Å². The average Bonchev–Trinajstić information content (AvgIpc) is 2.76. The van der Waals surface area contributed by atoms with Gasteiger partial charge in [-0.25, -0.2) is 0 Å². The van der Waals surface area contributed by atoms with Crippen LogP contribution in [0.5, 0.6) is 5.75 Å². The molecule has 0 fully saturated rings. The van der Waals surface area contributed by atoms with Gasteiger partial charge in [0, 0.05) is 17.5 Å². The third-order valence-electron chi connectivity index (χ3n) is 6.71. The van der Waals surface area contributed by atoms with E-state index in [2.05, 4.69) is 79.7 Å². The molecular formula is C33H56O2. The van der Waals surface area contributed by atoms with E-state index in [1.165, 1.54) is 76.2 Å². The number of carbonyl (C=O) groups is 1. The van der Waals surface area contributed by atoms with E-state index in [9.17, 15) is 4.79 Å². The van der Waals surface area contributed by atoms with Gasteiger partial charge in [-0.3, -0.25) is 4.79 Å². The Hall–Kier alpha value is -1.57. The minimum absolute atomic E-state index is 0.0787. The summed E-state index contributed by atoms with van der Waals surface area (Å²) in [6, 6.07) is 4.36. The highest BCUT2D eigenvalue weighted by Gasteiger charge is 2.28. The summed E-state index contributed by atoms with van der Waals surface area (Å²) in [6.07, 6.45) is 21.6. The van der Waals surface area contributed by atoms with Crippen LogP contribution in [0.1, 0.15) is 155 Å². The van der Waals surface area contributed by atoms with Crippen molar-refractivity contribution in [2.24, 2.45) is 0 Å². The molecule has 0 bridgehead atoms. The maximum absolute atomic E-state index is 12.8. The first-order valence-electron chi connectivity index (χ1n) is 14.5. The summed E-state index contributed by atoms with van der Waals surface area (Å²) in [5.41, 5.74) is 3.31. The van der Waals surface area contributed by atoms with Gasteiger partial charge in [-0.05, 0) is 49.9 Å². The average molecular weight is 485 g/mol. The molecule has 0 unspecified atom stereocenters. The summed E-state index contributed by atoms with van der Waals surface area (Å²) in [5, 5.41) is 0. The number of hydrogen-bond donors (Lipinski definition) is 0. The van der Waals surface area contributed by atoms with E-state index in [-0.39, 0.29) is 16.8 Å². The maximum Gasteiger partial charge on any atom is 0.311 e. The quantitative estimate of drug-likeness (QED) is 0.101. The fraction of sp³-hybridized carbons (Fsp3) is 0.727. The number of benzene rings is 1. The van der Waals surface area contributed by atoms with Crippen molar-refractivity contribution >= 4 is 5.97 Å². The summed E-state index contributed by atoms with van der Waals surface area (Å²) < 4.78 is 6.06. The Kier molecular flexibility index (Phi) is 14.6. The van der Waals surface area contributed by atoms with Crippen molar-refractivity contribution in [1.29, 1.82) is 0 Å². The third-order valence-corrected chi connectivity index (χ3v) is 6.71. The third kappa shape index (κ3) is 13.3. The monoisotopic (exact) mass is 484 g/mol. The molecule has 0 amide bonds. The zero-order valence-electron chi connectivity index (χ0n) is 24.5. The zero-order valence-corrected chi connectivity index (χ0v) is 24.5. The van der Waals surface area contributed by atoms with Gasteiger partial charge >= 0.3 is 5.97 Å². The summed E-state index contributed by atoms with van der Waals surface area (Å²) in [6.45, 7) is 17.5. The molecule has 0 aromatic heterocycles. The molecule has 0 atom stereocenters. The lowest BCUT2D eigenvalue weighted by Crippen LogP contribution is -2.22. The van der Waals surface area contributed by atoms with Crippen molar-refractivity contribution in [3.05, 3.63) is 41.0 Å². The number of ether oxygens (including phenoxy) is 1. The Morgan fingerprint density at radius 1 is 0.714 bits per heavy atom. The summed E-state index contributed by atoms with van der Waals surface area (Å²) in [5.74, 6) is 0.691. The molecule has 1 aromatic rings. The standard InChI is InChI=1S/C33H56O2/c1-9-10-11-12-13-14-15-16-17-18-19-20-21-22-23-24-30(34)35-31-28(32(3,4)5)25-27(2)26-29(31)33(6,7)8/h16-17,25-26H,9-15,18-24H2,1-8H3/b17-16-. The van der Waals surface area contributed by atoms with Crippen LogP contribution >= 0.6 is 0 Å². The molecule has 0 aliphatic heterocycles. The van der Waals surface area contributed by atoms with Gasteiger partial charge in [0.25, 0.3) is 0 Å². The highest BCUT2D eigenvalue weighted by Crippen LogP contribution is 2.40. The van der Waals surface area contributed by atoms with Crippen LogP contribution in [0.4, 0.5) is 0 Å². The van der Waals surface area contributed by atoms with Crippen LogP contribution < -0.4 is 4.74 Å². The van der Waals surface area contributed by atoms with Gasteiger partial charge in [-0.1, -0.05) is 130 Å². The number of rotatable bonds is 16. The van der Waals surface area contributed by atoms with Gasteiger partial charge in [0.05, 0.1) is 0 Å². The molecule has 2 heteroatoms. The van der Waals surface area contributed by atoms with Crippen LogP contribution in [0.2, 0.25) is 0 Å². The molecule has 200 valence electrons. The molecule has 0 heterocycles. The van der Waals surface area contributed by atoms with Crippen LogP contribution in [0.25, 0.3) is 0 Å². The second-order valence-corrected chi connectivity index (χ2v) is 12.5. The predicted molar refractivity (Wildman–Crippen MR) is 154 cm³/mol. The van der Waals surface area contributed by atoms with Crippen molar-refractivity contribution in [2.45, 2.75) is 156 Å². The number of aryl methyl sites for hydroxylation is 1. The molecule has 0 saturated carbocycles. The largest absolute Gasteiger partial charge is 0.426 e. The van der Waals surface area contributed by atoms with Gasteiger partial charge in [-0.15, -0.1) is 0 Å². The number of allylic oxidation sites excluding steroid dienone is 2. The van der Waals surface area contributed by atoms with Crippen molar-refractivity contribution in [3.63, 3.8) is 0 Å². The first kappa shape index (κ1) is 31.5. The maximum atomic E-state index is 12.8.